The van der Waals surface area contributed by atoms with E-state index >= 15 is 0 Å². The Morgan fingerprint density at radius 2 is 2.22 bits per heavy atom. The topological polar surface area (TPSA) is 36.4 Å². The first-order chi connectivity index (χ1) is 8.74. The first-order valence-electron chi connectivity index (χ1n) is 6.08. The molecule has 0 radical (unpaired) electrons. The molecule has 0 aromatic heterocycles. The van der Waals surface area contributed by atoms with E-state index in [0.29, 0.717) is 12.0 Å². The number of nitrogens with one attached hydrogen (secondary N) is 2. The minimum Gasteiger partial charge on any atom is -0.353 e. The average molecular weight is 308 g/mol. The number of aliphatic imine (C=N–C) groups is 1. The Hall–Kier alpha value is -1.29. The van der Waals surface area contributed by atoms with Crippen LogP contribution in [-0.2, 0) is 0 Å². The van der Waals surface area contributed by atoms with Gasteiger partial charge in [-0.15, -0.1) is 6.58 Å². The van der Waals surface area contributed by atoms with Crippen LogP contribution in [0, 0.1) is 0 Å². The van der Waals surface area contributed by atoms with Crippen LogP contribution in [0.25, 0.3) is 0 Å². The molecule has 1 fully saturated rings. The largest absolute Gasteiger partial charge is 0.353 e. The Balaban J connectivity index is 1.87. The predicted octanol–water partition coefficient (Wildman–Crippen LogP) is 2.66. The normalized spacial score (nSPS) is 22.4. The maximum absolute atomic E-state index is 4.19. The van der Waals surface area contributed by atoms with Gasteiger partial charge in [-0.3, -0.25) is 4.99 Å². The van der Waals surface area contributed by atoms with Crippen LogP contribution >= 0.6 is 15.9 Å². The van der Waals surface area contributed by atoms with E-state index < -0.39 is 0 Å². The maximum Gasteiger partial charge on any atom is 0.191 e. The Labute approximate surface area is 117 Å². The van der Waals surface area contributed by atoms with Crippen LogP contribution in [0.3, 0.4) is 0 Å². The predicted molar refractivity (Wildman–Crippen MR) is 80.0 cm³/mol. The Morgan fingerprint density at radius 1 is 1.50 bits per heavy atom. The number of guanidine groups is 1. The fraction of sp³-hybridized carbons (Fsp3) is 0.357. The number of nitrogens with zero attached hydrogens (tertiary/aromatic N) is 1. The summed E-state index contributed by atoms with van der Waals surface area (Å²) in [6.45, 7) is 4.41. The fourth-order valence-electron chi connectivity index (χ4n) is 1.97. The molecule has 4 heteroatoms. The lowest BCUT2D eigenvalue weighted by Gasteiger charge is -2.10. The van der Waals surface area contributed by atoms with Gasteiger partial charge in [0.05, 0.1) is 0 Å². The molecule has 1 aliphatic carbocycles. The highest BCUT2D eigenvalue weighted by atomic mass is 79.9. The van der Waals surface area contributed by atoms with E-state index in [1.165, 1.54) is 5.56 Å². The van der Waals surface area contributed by atoms with Crippen molar-refractivity contribution in [3.8, 4) is 0 Å². The molecule has 1 aromatic rings. The summed E-state index contributed by atoms with van der Waals surface area (Å²) in [7, 11) is 1.79. The molecule has 0 amide bonds. The van der Waals surface area contributed by atoms with Gasteiger partial charge in [-0.05, 0) is 24.1 Å². The van der Waals surface area contributed by atoms with E-state index in [9.17, 15) is 0 Å². The highest BCUT2D eigenvalue weighted by molar-refractivity contribution is 9.10. The van der Waals surface area contributed by atoms with Crippen LogP contribution in [0.2, 0.25) is 0 Å². The summed E-state index contributed by atoms with van der Waals surface area (Å²) in [5.41, 5.74) is 1.38. The molecule has 3 nitrogen and oxygen atoms in total. The fourth-order valence-corrected chi connectivity index (χ4v) is 2.24. The summed E-state index contributed by atoms with van der Waals surface area (Å²) < 4.78 is 1.12. The molecule has 1 aromatic carbocycles. The third-order valence-electron chi connectivity index (χ3n) is 3.05. The molecule has 2 N–H and O–H groups in total. The van der Waals surface area contributed by atoms with Crippen LogP contribution in [0.4, 0.5) is 0 Å². The number of benzene rings is 1. The molecular formula is C14H18BrN3. The second-order valence-corrected chi connectivity index (χ2v) is 5.30. The summed E-state index contributed by atoms with van der Waals surface area (Å²) in [6.07, 6.45) is 2.99. The van der Waals surface area contributed by atoms with E-state index in [-0.39, 0.29) is 0 Å². The van der Waals surface area contributed by atoms with Gasteiger partial charge >= 0.3 is 0 Å². The van der Waals surface area contributed by atoms with E-state index in [4.69, 9.17) is 0 Å². The van der Waals surface area contributed by atoms with Gasteiger partial charge in [0, 0.05) is 30.0 Å². The van der Waals surface area contributed by atoms with Gasteiger partial charge in [0.25, 0.3) is 0 Å². The summed E-state index contributed by atoms with van der Waals surface area (Å²) in [6, 6.07) is 9.03. The van der Waals surface area contributed by atoms with Crippen LogP contribution in [0.5, 0.6) is 0 Å². The Bertz CT molecular complexity index is 439. The molecule has 1 aliphatic rings. The van der Waals surface area contributed by atoms with Crippen molar-refractivity contribution in [2.75, 3.05) is 13.6 Å². The third kappa shape index (κ3) is 3.35. The number of hydrogen-bond donors (Lipinski definition) is 2. The maximum atomic E-state index is 4.19. The van der Waals surface area contributed by atoms with E-state index in [1.807, 2.05) is 6.08 Å². The molecule has 0 aliphatic heterocycles. The van der Waals surface area contributed by atoms with E-state index in [1.54, 1.807) is 7.05 Å². The lowest BCUT2D eigenvalue weighted by Crippen LogP contribution is -2.38. The molecule has 2 rings (SSSR count). The van der Waals surface area contributed by atoms with Gasteiger partial charge in [0.1, 0.15) is 0 Å². The molecule has 0 spiro atoms. The van der Waals surface area contributed by atoms with Crippen molar-refractivity contribution in [3.63, 3.8) is 0 Å². The zero-order valence-corrected chi connectivity index (χ0v) is 12.1. The molecule has 0 saturated heterocycles. The number of rotatable bonds is 4. The highest BCUT2D eigenvalue weighted by Crippen LogP contribution is 2.40. The standard InChI is InChI=1S/C14H18BrN3/c1-3-8-17-14(16-2)18-13-9-12(13)10-4-6-11(15)7-5-10/h3-7,12-13H,1,8-9H2,2H3,(H2,16,17,18). The van der Waals surface area contributed by atoms with Crippen LogP contribution in [-0.4, -0.2) is 25.6 Å². The van der Waals surface area contributed by atoms with Gasteiger partial charge < -0.3 is 10.6 Å². The molecule has 2 atom stereocenters. The van der Waals surface area contributed by atoms with E-state index in [2.05, 4.69) is 62.4 Å². The monoisotopic (exact) mass is 307 g/mol. The quantitative estimate of drug-likeness (QED) is 0.510. The van der Waals surface area contributed by atoms with Crippen LogP contribution < -0.4 is 10.6 Å². The smallest absolute Gasteiger partial charge is 0.191 e. The van der Waals surface area contributed by atoms with Gasteiger partial charge in [-0.2, -0.15) is 0 Å². The molecule has 0 bridgehead atoms. The minimum atomic E-state index is 0.488. The summed E-state index contributed by atoms with van der Waals surface area (Å²) in [5, 5.41) is 6.60. The first-order valence-corrected chi connectivity index (χ1v) is 6.87. The molecular weight excluding hydrogens is 290 g/mol. The second kappa shape index (κ2) is 6.05. The summed E-state index contributed by atoms with van der Waals surface area (Å²) >= 11 is 3.46. The van der Waals surface area contributed by atoms with Gasteiger partial charge in [-0.25, -0.2) is 0 Å². The van der Waals surface area contributed by atoms with Crippen LogP contribution in [0.1, 0.15) is 17.9 Å². The van der Waals surface area contributed by atoms with Crippen molar-refractivity contribution in [3.05, 3.63) is 47.0 Å². The van der Waals surface area contributed by atoms with Crippen molar-refractivity contribution in [2.45, 2.75) is 18.4 Å². The Kier molecular flexibility index (Phi) is 4.42. The van der Waals surface area contributed by atoms with Gasteiger partial charge in [0.2, 0.25) is 0 Å². The number of halogens is 1. The van der Waals surface area contributed by atoms with Crippen molar-refractivity contribution in [1.82, 2.24) is 10.6 Å². The molecule has 2 unspecified atom stereocenters. The SMILES string of the molecule is C=CCNC(=NC)NC1CC1c1ccc(Br)cc1. The highest BCUT2D eigenvalue weighted by Gasteiger charge is 2.38. The zero-order chi connectivity index (χ0) is 13.0. The lowest BCUT2D eigenvalue weighted by atomic mass is 10.1. The molecule has 18 heavy (non-hydrogen) atoms. The van der Waals surface area contributed by atoms with Crippen molar-refractivity contribution >= 4 is 21.9 Å². The van der Waals surface area contributed by atoms with Crippen molar-refractivity contribution < 1.29 is 0 Å². The van der Waals surface area contributed by atoms with Crippen molar-refractivity contribution in [2.24, 2.45) is 4.99 Å². The Morgan fingerprint density at radius 3 is 2.83 bits per heavy atom. The number of hydrogen-bond acceptors (Lipinski definition) is 1. The minimum absolute atomic E-state index is 0.488. The van der Waals surface area contributed by atoms with Crippen LogP contribution in [0.15, 0.2) is 46.4 Å². The average Bonchev–Trinajstić information content (AvgIpc) is 3.14. The lowest BCUT2D eigenvalue weighted by molar-refractivity contribution is 0.818. The molecule has 96 valence electrons. The van der Waals surface area contributed by atoms with Gasteiger partial charge in [-0.1, -0.05) is 34.1 Å². The first kappa shape index (κ1) is 13.1. The van der Waals surface area contributed by atoms with Gasteiger partial charge in [0.15, 0.2) is 5.96 Å². The van der Waals surface area contributed by atoms with Crippen molar-refractivity contribution in [1.29, 1.82) is 0 Å². The summed E-state index contributed by atoms with van der Waals surface area (Å²) in [4.78, 5) is 4.19. The molecule has 1 saturated carbocycles. The third-order valence-corrected chi connectivity index (χ3v) is 3.58. The molecule has 0 heterocycles. The zero-order valence-electron chi connectivity index (χ0n) is 10.5. The summed E-state index contributed by atoms with van der Waals surface area (Å²) in [5.74, 6) is 1.44. The van der Waals surface area contributed by atoms with E-state index in [0.717, 1.165) is 23.4 Å². The second-order valence-electron chi connectivity index (χ2n) is 4.39.